The van der Waals surface area contributed by atoms with Crippen LogP contribution in [0.4, 0.5) is 8.78 Å². The fraction of sp³-hybridized carbons (Fsp3) is 0.200. The topological polar surface area (TPSA) is 69.4 Å². The number of halogens is 3. The van der Waals surface area contributed by atoms with E-state index in [4.69, 9.17) is 22.1 Å². The van der Waals surface area contributed by atoms with E-state index in [1.165, 1.54) is 24.3 Å². The summed E-state index contributed by atoms with van der Waals surface area (Å²) in [6, 6.07) is 6.13. The molecule has 0 spiro atoms. The van der Waals surface area contributed by atoms with Crippen LogP contribution >= 0.6 is 11.6 Å². The van der Waals surface area contributed by atoms with Crippen molar-refractivity contribution in [1.82, 2.24) is 0 Å². The molecule has 2 atom stereocenters. The van der Waals surface area contributed by atoms with Gasteiger partial charge in [-0.1, -0.05) is 11.6 Å². The van der Waals surface area contributed by atoms with Gasteiger partial charge < -0.3 is 10.5 Å². The van der Waals surface area contributed by atoms with Crippen LogP contribution in [-0.4, -0.2) is 21.1 Å². The predicted molar refractivity (Wildman–Crippen MR) is 81.2 cm³/mol. The van der Waals surface area contributed by atoms with Crippen LogP contribution in [0.15, 0.2) is 41.3 Å². The van der Waals surface area contributed by atoms with Gasteiger partial charge in [0.25, 0.3) is 0 Å². The van der Waals surface area contributed by atoms with E-state index in [9.17, 15) is 17.2 Å². The van der Waals surface area contributed by atoms with E-state index in [1.54, 1.807) is 0 Å². The lowest BCUT2D eigenvalue weighted by molar-refractivity contribution is 0.241. The molecular weight excluding hydrogens is 348 g/mol. The maximum absolute atomic E-state index is 14.2. The Balaban J connectivity index is 2.20. The highest BCUT2D eigenvalue weighted by Crippen LogP contribution is 2.42. The molecule has 0 fully saturated rings. The summed E-state index contributed by atoms with van der Waals surface area (Å²) in [5.74, 6) is -2.11. The van der Waals surface area contributed by atoms with Gasteiger partial charge in [0, 0.05) is 5.02 Å². The lowest BCUT2D eigenvalue weighted by atomic mass is 10.0. The molecule has 0 saturated heterocycles. The molecule has 1 aliphatic rings. The number of nitrogens with two attached hydrogens (primary N) is 1. The highest BCUT2D eigenvalue weighted by molar-refractivity contribution is 7.91. The molecule has 8 heteroatoms. The van der Waals surface area contributed by atoms with Crippen LogP contribution in [0, 0.1) is 11.6 Å². The summed E-state index contributed by atoms with van der Waals surface area (Å²) in [5, 5.41) is -1.08. The van der Waals surface area contributed by atoms with Crippen molar-refractivity contribution in [3.05, 3.63) is 58.6 Å². The molecule has 2 aromatic carbocycles. The number of hydrogen-bond donors (Lipinski definition) is 1. The molecule has 3 rings (SSSR count). The number of benzene rings is 2. The quantitative estimate of drug-likeness (QED) is 0.895. The molecule has 0 radical (unpaired) electrons. The van der Waals surface area contributed by atoms with E-state index >= 15 is 0 Å². The van der Waals surface area contributed by atoms with E-state index < -0.39 is 38.5 Å². The Labute approximate surface area is 136 Å². The third kappa shape index (κ3) is 2.69. The van der Waals surface area contributed by atoms with Crippen molar-refractivity contribution in [1.29, 1.82) is 0 Å². The molecule has 0 bridgehead atoms. The number of rotatable bonds is 2. The minimum atomic E-state index is -4.05. The van der Waals surface area contributed by atoms with Gasteiger partial charge in [0.15, 0.2) is 21.4 Å². The molecule has 23 heavy (non-hydrogen) atoms. The van der Waals surface area contributed by atoms with Crippen LogP contribution in [-0.2, 0) is 9.84 Å². The van der Waals surface area contributed by atoms with E-state index in [-0.39, 0.29) is 17.1 Å². The normalized spacial score (nSPS) is 20.7. The molecule has 0 aromatic heterocycles. The summed E-state index contributed by atoms with van der Waals surface area (Å²) in [7, 11) is -4.05. The summed E-state index contributed by atoms with van der Waals surface area (Å²) < 4.78 is 58.9. The maximum atomic E-state index is 14.2. The van der Waals surface area contributed by atoms with Crippen molar-refractivity contribution < 1.29 is 21.9 Å². The first-order chi connectivity index (χ1) is 10.8. The van der Waals surface area contributed by atoms with Crippen molar-refractivity contribution in [2.24, 2.45) is 5.73 Å². The molecular formula is C15H12ClF2NO3S. The molecule has 4 nitrogen and oxygen atoms in total. The second-order valence-electron chi connectivity index (χ2n) is 5.17. The van der Waals surface area contributed by atoms with Gasteiger partial charge >= 0.3 is 0 Å². The standard InChI is InChI=1S/C15H12ClF2NO3S/c16-8-1-3-9(4-2-8)23(20,21)15-12(19)7-22-14-11(18)6-5-10(17)13(14)15/h1-6,12,15H,7,19H2/t12-,15+/m1/s1. The predicted octanol–water partition coefficient (Wildman–Crippen LogP) is 2.85. The Morgan fingerprint density at radius 3 is 2.35 bits per heavy atom. The number of hydrogen-bond acceptors (Lipinski definition) is 4. The van der Waals surface area contributed by atoms with Gasteiger partial charge in [-0.05, 0) is 36.4 Å². The fourth-order valence-electron chi connectivity index (χ4n) is 2.60. The molecule has 0 amide bonds. The zero-order chi connectivity index (χ0) is 16.8. The number of sulfone groups is 1. The van der Waals surface area contributed by atoms with Gasteiger partial charge in [-0.3, -0.25) is 0 Å². The van der Waals surface area contributed by atoms with Crippen LogP contribution in [0.2, 0.25) is 5.02 Å². The molecule has 1 heterocycles. The first kappa shape index (κ1) is 16.2. The fourth-order valence-corrected chi connectivity index (χ4v) is 4.60. The Bertz CT molecular complexity index is 856. The monoisotopic (exact) mass is 359 g/mol. The summed E-state index contributed by atoms with van der Waals surface area (Å²) in [6.45, 7) is -0.231. The molecule has 0 saturated carbocycles. The third-order valence-electron chi connectivity index (χ3n) is 3.66. The lowest BCUT2D eigenvalue weighted by Gasteiger charge is -2.31. The van der Waals surface area contributed by atoms with Crippen LogP contribution in [0.5, 0.6) is 5.75 Å². The SMILES string of the molecule is N[C@@H]1COc2c(F)ccc(F)c2[C@H]1S(=O)(=O)c1ccc(Cl)cc1. The van der Waals surface area contributed by atoms with Crippen molar-refractivity contribution in [2.45, 2.75) is 16.2 Å². The Morgan fingerprint density at radius 2 is 1.70 bits per heavy atom. The zero-order valence-corrected chi connectivity index (χ0v) is 13.2. The van der Waals surface area contributed by atoms with Gasteiger partial charge in [0.1, 0.15) is 17.7 Å². The molecule has 1 aliphatic heterocycles. The Kier molecular flexibility index (Phi) is 4.03. The smallest absolute Gasteiger partial charge is 0.187 e. The second kappa shape index (κ2) is 5.74. The molecule has 0 unspecified atom stereocenters. The van der Waals surface area contributed by atoms with Crippen molar-refractivity contribution in [2.75, 3.05) is 6.61 Å². The van der Waals surface area contributed by atoms with E-state index in [0.29, 0.717) is 5.02 Å². The van der Waals surface area contributed by atoms with Gasteiger partial charge in [0.05, 0.1) is 16.5 Å². The largest absolute Gasteiger partial charge is 0.488 e. The van der Waals surface area contributed by atoms with Crippen LogP contribution in [0.1, 0.15) is 10.8 Å². The zero-order valence-electron chi connectivity index (χ0n) is 11.7. The Morgan fingerprint density at radius 1 is 1.09 bits per heavy atom. The Hall–Kier alpha value is -1.70. The summed E-state index contributed by atoms with van der Waals surface area (Å²) in [5.41, 5.74) is 5.47. The molecule has 122 valence electrons. The van der Waals surface area contributed by atoms with Gasteiger partial charge in [-0.25, -0.2) is 17.2 Å². The molecule has 0 aliphatic carbocycles. The van der Waals surface area contributed by atoms with Crippen LogP contribution in [0.3, 0.4) is 0 Å². The molecule has 2 aromatic rings. The second-order valence-corrected chi connectivity index (χ2v) is 7.67. The average molecular weight is 360 g/mol. The minimum Gasteiger partial charge on any atom is -0.488 e. The summed E-state index contributed by atoms with van der Waals surface area (Å²) in [6.07, 6.45) is 0. The third-order valence-corrected chi connectivity index (χ3v) is 6.10. The maximum Gasteiger partial charge on any atom is 0.187 e. The van der Waals surface area contributed by atoms with Gasteiger partial charge in [-0.2, -0.15) is 0 Å². The summed E-state index contributed by atoms with van der Waals surface area (Å²) >= 11 is 5.75. The van der Waals surface area contributed by atoms with E-state index in [1.807, 2.05) is 0 Å². The van der Waals surface area contributed by atoms with E-state index in [0.717, 1.165) is 12.1 Å². The number of ether oxygens (including phenoxy) is 1. The summed E-state index contributed by atoms with van der Waals surface area (Å²) in [4.78, 5) is -0.0705. The molecule has 2 N–H and O–H groups in total. The highest BCUT2D eigenvalue weighted by Gasteiger charge is 2.42. The first-order valence-electron chi connectivity index (χ1n) is 6.68. The van der Waals surface area contributed by atoms with Crippen molar-refractivity contribution >= 4 is 21.4 Å². The average Bonchev–Trinajstić information content (AvgIpc) is 2.51. The van der Waals surface area contributed by atoms with Gasteiger partial charge in [-0.15, -0.1) is 0 Å². The van der Waals surface area contributed by atoms with Crippen molar-refractivity contribution in [3.63, 3.8) is 0 Å². The van der Waals surface area contributed by atoms with Gasteiger partial charge in [0.2, 0.25) is 0 Å². The first-order valence-corrected chi connectivity index (χ1v) is 8.60. The highest BCUT2D eigenvalue weighted by atomic mass is 35.5. The van der Waals surface area contributed by atoms with E-state index in [2.05, 4.69) is 0 Å². The van der Waals surface area contributed by atoms with Crippen LogP contribution < -0.4 is 10.5 Å². The number of fused-ring (bicyclic) bond motifs is 1. The minimum absolute atomic E-state index is 0.0705. The van der Waals surface area contributed by atoms with Crippen LogP contribution in [0.25, 0.3) is 0 Å². The lowest BCUT2D eigenvalue weighted by Crippen LogP contribution is -2.42. The van der Waals surface area contributed by atoms with Crippen molar-refractivity contribution in [3.8, 4) is 5.75 Å².